The summed E-state index contributed by atoms with van der Waals surface area (Å²) in [5.74, 6) is 0.558. The number of pyridine rings is 1. The lowest BCUT2D eigenvalue weighted by molar-refractivity contribution is -0.133. The first-order valence-corrected chi connectivity index (χ1v) is 12.4. The van der Waals surface area contributed by atoms with Crippen LogP contribution in [0.3, 0.4) is 0 Å². The summed E-state index contributed by atoms with van der Waals surface area (Å²) in [6.45, 7) is 5.32. The molecule has 1 unspecified atom stereocenters. The van der Waals surface area contributed by atoms with Gasteiger partial charge in [0.15, 0.2) is 0 Å². The van der Waals surface area contributed by atoms with Gasteiger partial charge in [-0.05, 0) is 49.1 Å². The number of morpholine rings is 1. The molecule has 2 N–H and O–H groups in total. The van der Waals surface area contributed by atoms with Crippen molar-refractivity contribution in [2.75, 3.05) is 62.7 Å². The number of hydrogen-bond donors (Lipinski definition) is 2. The van der Waals surface area contributed by atoms with E-state index in [0.29, 0.717) is 50.2 Å². The Kier molecular flexibility index (Phi) is 6.99. The molecule has 2 fully saturated rings. The first kappa shape index (κ1) is 23.1. The van der Waals surface area contributed by atoms with E-state index in [-0.39, 0.29) is 17.7 Å². The number of rotatable bonds is 5. The number of nitrogens with one attached hydrogen (secondary N) is 2. The van der Waals surface area contributed by atoms with Gasteiger partial charge in [0, 0.05) is 43.6 Å². The van der Waals surface area contributed by atoms with E-state index < -0.39 is 0 Å². The molecule has 0 spiro atoms. The van der Waals surface area contributed by atoms with Gasteiger partial charge in [-0.25, -0.2) is 4.98 Å². The van der Waals surface area contributed by atoms with Gasteiger partial charge in [0.2, 0.25) is 11.8 Å². The van der Waals surface area contributed by atoms with Crippen LogP contribution in [-0.4, -0.2) is 74.2 Å². The van der Waals surface area contributed by atoms with Crippen LogP contribution in [0.4, 0.5) is 11.5 Å². The molecule has 9 heteroatoms. The van der Waals surface area contributed by atoms with E-state index in [2.05, 4.69) is 32.7 Å². The van der Waals surface area contributed by atoms with Crippen LogP contribution in [-0.2, 0) is 20.7 Å². The molecule has 1 atom stereocenters. The molecular weight excluding hydrogens is 454 g/mol. The summed E-state index contributed by atoms with van der Waals surface area (Å²) in [5.41, 5.74) is 4.03. The van der Waals surface area contributed by atoms with E-state index in [1.54, 1.807) is 6.20 Å². The van der Waals surface area contributed by atoms with Crippen molar-refractivity contribution in [3.63, 3.8) is 0 Å². The number of benzene rings is 1. The second kappa shape index (κ2) is 10.3. The smallest absolute Gasteiger partial charge is 0.242 e. The number of halogens is 1. The fourth-order valence-electron chi connectivity index (χ4n) is 4.89. The average Bonchev–Trinajstić information content (AvgIpc) is 3.28. The number of anilines is 2. The Morgan fingerprint density at radius 3 is 2.85 bits per heavy atom. The maximum Gasteiger partial charge on any atom is 0.242 e. The number of ether oxygens (including phenoxy) is 1. The van der Waals surface area contributed by atoms with Crippen molar-refractivity contribution in [3.05, 3.63) is 41.0 Å². The molecule has 0 bridgehead atoms. The van der Waals surface area contributed by atoms with Crippen LogP contribution in [0.15, 0.2) is 30.5 Å². The lowest BCUT2D eigenvalue weighted by atomic mass is 9.99. The Morgan fingerprint density at radius 1 is 1.21 bits per heavy atom. The summed E-state index contributed by atoms with van der Waals surface area (Å²) < 4.78 is 5.37. The molecule has 3 aliphatic heterocycles. The van der Waals surface area contributed by atoms with Crippen molar-refractivity contribution >= 4 is 34.9 Å². The number of piperidine rings is 1. The highest BCUT2D eigenvalue weighted by molar-refractivity contribution is 6.33. The second-order valence-corrected chi connectivity index (χ2v) is 9.50. The number of hydrogen-bond acceptors (Lipinski definition) is 6. The maximum atomic E-state index is 12.8. The monoisotopic (exact) mass is 483 g/mol. The lowest BCUT2D eigenvalue weighted by Crippen LogP contribution is -2.45. The lowest BCUT2D eigenvalue weighted by Gasteiger charge is -2.29. The molecule has 1 aromatic heterocycles. The first-order chi connectivity index (χ1) is 16.6. The van der Waals surface area contributed by atoms with Gasteiger partial charge in [0.05, 0.1) is 30.7 Å². The van der Waals surface area contributed by atoms with E-state index >= 15 is 0 Å². The molecular formula is C25H30ClN5O3. The van der Waals surface area contributed by atoms with Crippen LogP contribution in [0.25, 0.3) is 11.1 Å². The van der Waals surface area contributed by atoms with Crippen LogP contribution in [0.1, 0.15) is 18.4 Å². The molecule has 8 nitrogen and oxygen atoms in total. The third-order valence-corrected chi connectivity index (χ3v) is 7.15. The normalized spacial score (nSPS) is 20.2. The number of aromatic nitrogens is 1. The van der Waals surface area contributed by atoms with E-state index in [4.69, 9.17) is 16.3 Å². The molecule has 34 heavy (non-hydrogen) atoms. The van der Waals surface area contributed by atoms with Crippen LogP contribution in [0.2, 0.25) is 5.02 Å². The van der Waals surface area contributed by atoms with E-state index in [1.165, 1.54) is 5.56 Å². The van der Waals surface area contributed by atoms with Crippen molar-refractivity contribution in [3.8, 4) is 11.1 Å². The molecule has 180 valence electrons. The molecule has 5 rings (SSSR count). The minimum atomic E-state index is -0.0489. The van der Waals surface area contributed by atoms with Crippen LogP contribution in [0.5, 0.6) is 0 Å². The Morgan fingerprint density at radius 2 is 2.06 bits per heavy atom. The summed E-state index contributed by atoms with van der Waals surface area (Å²) in [6.07, 6.45) is 4.37. The molecule has 2 aromatic rings. The maximum absolute atomic E-state index is 12.8. The van der Waals surface area contributed by atoms with Gasteiger partial charge < -0.3 is 25.2 Å². The van der Waals surface area contributed by atoms with E-state index in [0.717, 1.165) is 49.2 Å². The third-order valence-electron chi connectivity index (χ3n) is 6.85. The van der Waals surface area contributed by atoms with Crippen molar-refractivity contribution in [1.82, 2.24) is 15.2 Å². The number of carbonyl (C=O) groups excluding carboxylic acids is 2. The zero-order valence-corrected chi connectivity index (χ0v) is 19.9. The number of carbonyl (C=O) groups is 2. The number of amides is 2. The second-order valence-electron chi connectivity index (χ2n) is 9.09. The SMILES string of the molecule is O=C(Nc1cc(-c2ccc3c(c2)N(CC(=O)N2CCOCC2)CC3)c(Cl)cn1)C1CCCNC1. The average molecular weight is 484 g/mol. The largest absolute Gasteiger partial charge is 0.378 e. The summed E-state index contributed by atoms with van der Waals surface area (Å²) in [4.78, 5) is 33.8. The van der Waals surface area contributed by atoms with E-state index in [1.807, 2.05) is 17.0 Å². The fraction of sp³-hybridized carbons (Fsp3) is 0.480. The van der Waals surface area contributed by atoms with Crippen LogP contribution in [0, 0.1) is 5.92 Å². The van der Waals surface area contributed by atoms with Crippen molar-refractivity contribution < 1.29 is 14.3 Å². The van der Waals surface area contributed by atoms with Gasteiger partial charge in [-0.3, -0.25) is 9.59 Å². The predicted molar refractivity (Wildman–Crippen MR) is 132 cm³/mol. The topological polar surface area (TPSA) is 86.8 Å². The summed E-state index contributed by atoms with van der Waals surface area (Å²) >= 11 is 6.52. The Balaban J connectivity index is 1.33. The first-order valence-electron chi connectivity index (χ1n) is 12.0. The Hall–Kier alpha value is -2.68. The van der Waals surface area contributed by atoms with Gasteiger partial charge in [-0.15, -0.1) is 0 Å². The Labute approximate surface area is 204 Å². The van der Waals surface area contributed by atoms with Gasteiger partial charge in [0.25, 0.3) is 0 Å². The fourth-order valence-corrected chi connectivity index (χ4v) is 5.10. The van der Waals surface area contributed by atoms with Gasteiger partial charge >= 0.3 is 0 Å². The summed E-state index contributed by atoms with van der Waals surface area (Å²) in [6, 6.07) is 8.07. The highest BCUT2D eigenvalue weighted by Crippen LogP contribution is 2.36. The molecule has 1 aromatic carbocycles. The zero-order chi connectivity index (χ0) is 23.5. The van der Waals surface area contributed by atoms with Gasteiger partial charge in [-0.2, -0.15) is 0 Å². The molecule has 0 radical (unpaired) electrons. The summed E-state index contributed by atoms with van der Waals surface area (Å²) in [5, 5.41) is 6.74. The highest BCUT2D eigenvalue weighted by Gasteiger charge is 2.26. The molecule has 2 amide bonds. The van der Waals surface area contributed by atoms with Crippen LogP contribution >= 0.6 is 11.6 Å². The van der Waals surface area contributed by atoms with Crippen molar-refractivity contribution in [1.29, 1.82) is 0 Å². The molecule has 4 heterocycles. The molecule has 0 saturated carbocycles. The van der Waals surface area contributed by atoms with E-state index in [9.17, 15) is 9.59 Å². The zero-order valence-electron chi connectivity index (χ0n) is 19.2. The summed E-state index contributed by atoms with van der Waals surface area (Å²) in [7, 11) is 0. The minimum Gasteiger partial charge on any atom is -0.378 e. The molecule has 2 saturated heterocycles. The van der Waals surface area contributed by atoms with Crippen molar-refractivity contribution in [2.45, 2.75) is 19.3 Å². The van der Waals surface area contributed by atoms with Crippen LogP contribution < -0.4 is 15.5 Å². The predicted octanol–water partition coefficient (Wildman–Crippen LogP) is 2.56. The molecule has 0 aliphatic carbocycles. The standard InChI is InChI=1S/C25H30ClN5O3/c26-21-15-28-23(29-25(33)19-2-1-6-27-14-19)13-20(21)18-4-3-17-5-7-31(22(17)12-18)16-24(32)30-8-10-34-11-9-30/h3-4,12-13,15,19,27H,1-2,5-11,14,16H2,(H,28,29,33). The third kappa shape index (κ3) is 5.04. The number of nitrogens with zero attached hydrogens (tertiary/aromatic N) is 3. The quantitative estimate of drug-likeness (QED) is 0.679. The Bertz CT molecular complexity index is 1070. The minimum absolute atomic E-state index is 0.0188. The highest BCUT2D eigenvalue weighted by atomic mass is 35.5. The van der Waals surface area contributed by atoms with Crippen molar-refractivity contribution in [2.24, 2.45) is 5.92 Å². The molecule has 3 aliphatic rings. The van der Waals surface area contributed by atoms with Gasteiger partial charge in [0.1, 0.15) is 5.82 Å². The van der Waals surface area contributed by atoms with Gasteiger partial charge in [-0.1, -0.05) is 23.7 Å². The number of fused-ring (bicyclic) bond motifs is 1.